The van der Waals surface area contributed by atoms with Gasteiger partial charge in [0.1, 0.15) is 5.75 Å². The minimum atomic E-state index is 0.0590. The molecule has 2 aliphatic heterocycles. The van der Waals surface area contributed by atoms with Crippen LogP contribution in [0.1, 0.15) is 46.3 Å². The number of hydrogen-bond acceptors (Lipinski definition) is 5. The molecule has 3 heterocycles. The molecule has 2 N–H and O–H groups in total. The molecule has 1 atom stereocenters. The number of hydrazine groups is 1. The molecule has 0 spiro atoms. The van der Waals surface area contributed by atoms with Gasteiger partial charge in [-0.1, -0.05) is 24.3 Å². The summed E-state index contributed by atoms with van der Waals surface area (Å²) < 4.78 is 10.9. The molecule has 1 unspecified atom stereocenters. The minimum absolute atomic E-state index is 0.0590. The number of rotatable bonds is 5. The third-order valence-electron chi connectivity index (χ3n) is 6.38. The van der Waals surface area contributed by atoms with Crippen molar-refractivity contribution in [2.24, 2.45) is 0 Å². The third kappa shape index (κ3) is 3.84. The molecule has 2 aliphatic rings. The van der Waals surface area contributed by atoms with Gasteiger partial charge < -0.3 is 14.1 Å². The Balaban J connectivity index is 1.41. The number of furan rings is 1. The van der Waals surface area contributed by atoms with Crippen LogP contribution in [0.5, 0.6) is 5.75 Å². The average Bonchev–Trinajstić information content (AvgIpc) is 3.60. The second-order valence-corrected chi connectivity index (χ2v) is 8.21. The summed E-state index contributed by atoms with van der Waals surface area (Å²) in [5.41, 5.74) is 11.4. The topological polar surface area (TPSA) is 66.7 Å². The summed E-state index contributed by atoms with van der Waals surface area (Å²) in [4.78, 5) is 15.5. The average molecular weight is 418 g/mol. The highest BCUT2D eigenvalue weighted by Crippen LogP contribution is 2.36. The van der Waals surface area contributed by atoms with Gasteiger partial charge in [-0.3, -0.25) is 15.6 Å². The fourth-order valence-electron chi connectivity index (χ4n) is 4.74. The molecule has 0 bridgehead atoms. The molecule has 0 aliphatic carbocycles. The smallest absolute Gasteiger partial charge is 0.254 e. The molecular weight excluding hydrogens is 390 g/mol. The van der Waals surface area contributed by atoms with Crippen molar-refractivity contribution in [2.75, 3.05) is 26.7 Å². The third-order valence-corrected chi connectivity index (χ3v) is 6.38. The molecule has 2 fully saturated rings. The SMILES string of the molecule is COc1cc(C(=O)N2CCCC2c2cccc(-c3ccoc3)c2)ccc1C1CNNC1. The Morgan fingerprint density at radius 3 is 2.74 bits per heavy atom. The van der Waals surface area contributed by atoms with Crippen molar-refractivity contribution in [3.8, 4) is 16.9 Å². The molecule has 6 heteroatoms. The molecule has 31 heavy (non-hydrogen) atoms. The second kappa shape index (κ2) is 8.57. The van der Waals surface area contributed by atoms with E-state index >= 15 is 0 Å². The lowest BCUT2D eigenvalue weighted by Gasteiger charge is -2.26. The standard InChI is InChI=1S/C25H27N3O3/c1-30-24-13-19(7-8-22(24)21-14-26-27-15-21)25(29)28-10-3-6-23(28)18-5-2-4-17(12-18)20-9-11-31-16-20/h2,4-5,7-9,11-13,16,21,23,26-27H,3,6,10,14-15H2,1H3. The highest BCUT2D eigenvalue weighted by atomic mass is 16.5. The molecule has 0 saturated carbocycles. The summed E-state index contributed by atoms with van der Waals surface area (Å²) in [5, 5.41) is 0. The summed E-state index contributed by atoms with van der Waals surface area (Å²) in [6.45, 7) is 2.47. The molecular formula is C25H27N3O3. The molecule has 5 rings (SSSR count). The van der Waals surface area contributed by atoms with Gasteiger partial charge in [0.2, 0.25) is 0 Å². The van der Waals surface area contributed by atoms with Crippen LogP contribution in [0.25, 0.3) is 11.1 Å². The first-order valence-electron chi connectivity index (χ1n) is 10.8. The maximum absolute atomic E-state index is 13.5. The molecule has 160 valence electrons. The Bertz CT molecular complexity index is 1060. The first-order valence-corrected chi connectivity index (χ1v) is 10.8. The second-order valence-electron chi connectivity index (χ2n) is 8.21. The molecule has 2 aromatic carbocycles. The highest BCUT2D eigenvalue weighted by molar-refractivity contribution is 5.95. The van der Waals surface area contributed by atoms with E-state index in [1.165, 1.54) is 0 Å². The van der Waals surface area contributed by atoms with Crippen molar-refractivity contribution < 1.29 is 13.9 Å². The van der Waals surface area contributed by atoms with Crippen molar-refractivity contribution in [2.45, 2.75) is 24.8 Å². The number of hydrogen-bond donors (Lipinski definition) is 2. The van der Waals surface area contributed by atoms with Gasteiger partial charge in [0.15, 0.2) is 0 Å². The highest BCUT2D eigenvalue weighted by Gasteiger charge is 2.31. The van der Waals surface area contributed by atoms with Crippen molar-refractivity contribution in [3.05, 3.63) is 77.7 Å². The maximum Gasteiger partial charge on any atom is 0.254 e. The van der Waals surface area contributed by atoms with Crippen LogP contribution in [-0.4, -0.2) is 37.6 Å². The van der Waals surface area contributed by atoms with Crippen LogP contribution in [0.3, 0.4) is 0 Å². The van der Waals surface area contributed by atoms with Crippen LogP contribution >= 0.6 is 0 Å². The van der Waals surface area contributed by atoms with Crippen molar-refractivity contribution in [1.82, 2.24) is 15.8 Å². The van der Waals surface area contributed by atoms with E-state index in [0.29, 0.717) is 11.5 Å². The number of nitrogens with zero attached hydrogens (tertiary/aromatic N) is 1. The van der Waals surface area contributed by atoms with Crippen LogP contribution in [0.2, 0.25) is 0 Å². The molecule has 3 aromatic rings. The van der Waals surface area contributed by atoms with Gasteiger partial charge in [0, 0.05) is 36.7 Å². The van der Waals surface area contributed by atoms with Crippen LogP contribution in [0.4, 0.5) is 0 Å². The summed E-state index contributed by atoms with van der Waals surface area (Å²) in [6.07, 6.45) is 5.40. The van der Waals surface area contributed by atoms with Gasteiger partial charge in [-0.25, -0.2) is 0 Å². The maximum atomic E-state index is 13.5. The predicted octanol–water partition coefficient (Wildman–Crippen LogP) is 4.12. The Hall–Kier alpha value is -3.09. The van der Waals surface area contributed by atoms with E-state index in [9.17, 15) is 4.79 Å². The largest absolute Gasteiger partial charge is 0.496 e. The number of carbonyl (C=O) groups is 1. The Morgan fingerprint density at radius 1 is 1.10 bits per heavy atom. The van der Waals surface area contributed by atoms with E-state index in [2.05, 4.69) is 35.1 Å². The van der Waals surface area contributed by atoms with Crippen LogP contribution in [0.15, 0.2) is 65.5 Å². The number of carbonyl (C=O) groups excluding carboxylic acids is 1. The molecule has 1 amide bonds. The van der Waals surface area contributed by atoms with E-state index in [-0.39, 0.29) is 11.9 Å². The molecule has 6 nitrogen and oxygen atoms in total. The first kappa shape index (κ1) is 19.8. The zero-order chi connectivity index (χ0) is 21.2. The Morgan fingerprint density at radius 2 is 1.97 bits per heavy atom. The lowest BCUT2D eigenvalue weighted by Crippen LogP contribution is -2.30. The quantitative estimate of drug-likeness (QED) is 0.654. The van der Waals surface area contributed by atoms with Gasteiger partial charge in [-0.05, 0) is 53.8 Å². The zero-order valence-electron chi connectivity index (χ0n) is 17.6. The zero-order valence-corrected chi connectivity index (χ0v) is 17.6. The van der Waals surface area contributed by atoms with Gasteiger partial charge in [0.05, 0.1) is 25.7 Å². The Kier molecular flexibility index (Phi) is 5.49. The van der Waals surface area contributed by atoms with Gasteiger partial charge in [-0.15, -0.1) is 0 Å². The van der Waals surface area contributed by atoms with E-state index < -0.39 is 0 Å². The minimum Gasteiger partial charge on any atom is -0.496 e. The van der Waals surface area contributed by atoms with Crippen molar-refractivity contribution in [3.63, 3.8) is 0 Å². The van der Waals surface area contributed by atoms with Crippen LogP contribution in [0, 0.1) is 0 Å². The Labute approximate surface area is 182 Å². The fraction of sp³-hybridized carbons (Fsp3) is 0.320. The lowest BCUT2D eigenvalue weighted by atomic mass is 9.96. The molecule has 1 aromatic heterocycles. The number of amides is 1. The van der Waals surface area contributed by atoms with E-state index in [1.54, 1.807) is 19.6 Å². The number of nitrogens with one attached hydrogen (secondary N) is 2. The van der Waals surface area contributed by atoms with E-state index in [4.69, 9.17) is 9.15 Å². The van der Waals surface area contributed by atoms with Crippen molar-refractivity contribution >= 4 is 5.91 Å². The summed E-state index contributed by atoms with van der Waals surface area (Å²) >= 11 is 0. The van der Waals surface area contributed by atoms with Crippen LogP contribution < -0.4 is 15.6 Å². The van der Waals surface area contributed by atoms with Crippen LogP contribution in [-0.2, 0) is 0 Å². The lowest BCUT2D eigenvalue weighted by molar-refractivity contribution is 0.0735. The van der Waals surface area contributed by atoms with E-state index in [0.717, 1.165) is 60.5 Å². The summed E-state index contributed by atoms with van der Waals surface area (Å²) in [6, 6.07) is 16.3. The van der Waals surface area contributed by atoms with Crippen molar-refractivity contribution in [1.29, 1.82) is 0 Å². The van der Waals surface area contributed by atoms with Gasteiger partial charge in [-0.2, -0.15) is 0 Å². The first-order chi connectivity index (χ1) is 15.2. The molecule has 0 radical (unpaired) electrons. The number of ether oxygens (including phenoxy) is 1. The number of likely N-dealkylation sites (tertiary alicyclic amines) is 1. The van der Waals surface area contributed by atoms with Gasteiger partial charge >= 0.3 is 0 Å². The monoisotopic (exact) mass is 417 g/mol. The normalized spacial score (nSPS) is 19.1. The predicted molar refractivity (Wildman–Crippen MR) is 119 cm³/mol. The number of methoxy groups -OCH3 is 1. The number of benzene rings is 2. The molecule has 2 saturated heterocycles. The summed E-state index contributed by atoms with van der Waals surface area (Å²) in [7, 11) is 1.67. The van der Waals surface area contributed by atoms with Gasteiger partial charge in [0.25, 0.3) is 5.91 Å². The van der Waals surface area contributed by atoms with E-state index in [1.807, 2.05) is 29.2 Å². The fourth-order valence-corrected chi connectivity index (χ4v) is 4.74. The summed E-state index contributed by atoms with van der Waals surface area (Å²) in [5.74, 6) is 1.17.